The highest BCUT2D eigenvalue weighted by molar-refractivity contribution is 5.22. The minimum Gasteiger partial charge on any atom is -0.353 e. The number of benzene rings is 3. The molecular weight excluding hydrogens is 370 g/mol. The van der Waals surface area contributed by atoms with Crippen LogP contribution >= 0.6 is 0 Å². The van der Waals surface area contributed by atoms with Gasteiger partial charge in [0.2, 0.25) is 0 Å². The number of hydrogen-bond acceptors (Lipinski definition) is 3. The Morgan fingerprint density at radius 1 is 0.633 bits per heavy atom. The lowest BCUT2D eigenvalue weighted by molar-refractivity contribution is -0.149. The van der Waals surface area contributed by atoms with Gasteiger partial charge in [0.1, 0.15) is 0 Å². The Hall–Kier alpha value is -2.46. The Kier molecular flexibility index (Phi) is 9.10. The Morgan fingerprint density at radius 3 is 1.50 bits per heavy atom. The van der Waals surface area contributed by atoms with Gasteiger partial charge >= 0.3 is 0 Å². The van der Waals surface area contributed by atoms with E-state index in [9.17, 15) is 0 Å². The molecular formula is C27H33NO2. The summed E-state index contributed by atoms with van der Waals surface area (Å²) >= 11 is 0. The predicted octanol–water partition coefficient (Wildman–Crippen LogP) is 6.22. The standard InChI is InChI=1S/C27H33NO2/c1-3-29-27(30-4-2)20-26(25-18-12-7-13-19-25)28(21-23-14-8-5-9-15-23)22-24-16-10-6-11-17-24/h5-19,26-27H,3-4,20-22H2,1-2H3/t26-/m0/s1. The van der Waals surface area contributed by atoms with Gasteiger partial charge < -0.3 is 9.47 Å². The summed E-state index contributed by atoms with van der Waals surface area (Å²) < 4.78 is 11.9. The Morgan fingerprint density at radius 2 is 1.07 bits per heavy atom. The minimum absolute atomic E-state index is 0.176. The van der Waals surface area contributed by atoms with Crippen molar-refractivity contribution in [3.63, 3.8) is 0 Å². The molecule has 0 amide bonds. The van der Waals surface area contributed by atoms with Crippen molar-refractivity contribution in [2.24, 2.45) is 0 Å². The van der Waals surface area contributed by atoms with Crippen LogP contribution in [-0.2, 0) is 22.6 Å². The van der Waals surface area contributed by atoms with E-state index in [-0.39, 0.29) is 12.3 Å². The van der Waals surface area contributed by atoms with Crippen molar-refractivity contribution in [1.29, 1.82) is 0 Å². The van der Waals surface area contributed by atoms with Gasteiger partial charge in [-0.3, -0.25) is 4.90 Å². The molecule has 3 aromatic rings. The first-order valence-corrected chi connectivity index (χ1v) is 10.9. The van der Waals surface area contributed by atoms with Crippen LogP contribution in [0.3, 0.4) is 0 Å². The van der Waals surface area contributed by atoms with Gasteiger partial charge in [-0.1, -0.05) is 91.0 Å². The van der Waals surface area contributed by atoms with Crippen molar-refractivity contribution in [3.05, 3.63) is 108 Å². The predicted molar refractivity (Wildman–Crippen MR) is 123 cm³/mol. The van der Waals surface area contributed by atoms with Crippen LogP contribution in [0.2, 0.25) is 0 Å². The second kappa shape index (κ2) is 12.3. The molecule has 0 unspecified atom stereocenters. The zero-order valence-corrected chi connectivity index (χ0v) is 18.1. The average molecular weight is 404 g/mol. The van der Waals surface area contributed by atoms with Crippen molar-refractivity contribution in [3.8, 4) is 0 Å². The molecule has 30 heavy (non-hydrogen) atoms. The van der Waals surface area contributed by atoms with Gasteiger partial charge in [0.05, 0.1) is 0 Å². The van der Waals surface area contributed by atoms with Gasteiger partial charge in [-0.05, 0) is 30.5 Å². The van der Waals surface area contributed by atoms with E-state index in [1.165, 1.54) is 16.7 Å². The van der Waals surface area contributed by atoms with E-state index in [0.717, 1.165) is 19.5 Å². The van der Waals surface area contributed by atoms with E-state index in [4.69, 9.17) is 9.47 Å². The van der Waals surface area contributed by atoms with E-state index in [0.29, 0.717) is 13.2 Å². The first kappa shape index (κ1) is 22.2. The SMILES string of the molecule is CCOC(C[C@@H](c1ccccc1)N(Cc1ccccc1)Cc1ccccc1)OCC. The van der Waals surface area contributed by atoms with Crippen molar-refractivity contribution in [2.75, 3.05) is 13.2 Å². The molecule has 0 bridgehead atoms. The fraction of sp³-hybridized carbons (Fsp3) is 0.333. The second-order valence-electron chi connectivity index (χ2n) is 7.38. The highest BCUT2D eigenvalue weighted by Crippen LogP contribution is 2.30. The summed E-state index contributed by atoms with van der Waals surface area (Å²) in [6, 6.07) is 32.3. The van der Waals surface area contributed by atoms with Gasteiger partial charge in [0.15, 0.2) is 6.29 Å². The quantitative estimate of drug-likeness (QED) is 0.335. The summed E-state index contributed by atoms with van der Waals surface area (Å²) in [6.45, 7) is 7.05. The molecule has 0 aromatic heterocycles. The molecule has 158 valence electrons. The van der Waals surface area contributed by atoms with Gasteiger partial charge in [0, 0.05) is 38.8 Å². The fourth-order valence-corrected chi connectivity index (χ4v) is 3.82. The lowest BCUT2D eigenvalue weighted by Gasteiger charge is -2.34. The minimum atomic E-state index is -0.223. The molecule has 0 N–H and O–H groups in total. The van der Waals surface area contributed by atoms with Crippen LogP contribution in [-0.4, -0.2) is 24.4 Å². The lowest BCUT2D eigenvalue weighted by Crippen LogP contribution is -2.32. The lowest BCUT2D eigenvalue weighted by atomic mass is 9.99. The van der Waals surface area contributed by atoms with Crippen LogP contribution < -0.4 is 0 Å². The zero-order valence-electron chi connectivity index (χ0n) is 18.1. The second-order valence-corrected chi connectivity index (χ2v) is 7.38. The molecule has 0 spiro atoms. The van der Waals surface area contributed by atoms with Gasteiger partial charge in [0.25, 0.3) is 0 Å². The Balaban J connectivity index is 1.93. The average Bonchev–Trinajstić information content (AvgIpc) is 2.79. The molecule has 0 heterocycles. The number of hydrogen-bond donors (Lipinski definition) is 0. The maximum atomic E-state index is 5.94. The summed E-state index contributed by atoms with van der Waals surface area (Å²) in [7, 11) is 0. The molecule has 3 nitrogen and oxygen atoms in total. The van der Waals surface area contributed by atoms with Gasteiger partial charge in [-0.2, -0.15) is 0 Å². The topological polar surface area (TPSA) is 21.7 Å². The molecule has 0 fully saturated rings. The maximum absolute atomic E-state index is 5.94. The first-order chi connectivity index (χ1) is 14.8. The van der Waals surface area contributed by atoms with E-state index < -0.39 is 0 Å². The Labute approximate surface area is 181 Å². The molecule has 0 radical (unpaired) electrons. The normalized spacial score (nSPS) is 12.4. The van der Waals surface area contributed by atoms with E-state index in [1.54, 1.807) is 0 Å². The summed E-state index contributed by atoms with van der Waals surface area (Å²) in [5, 5.41) is 0. The van der Waals surface area contributed by atoms with Crippen molar-refractivity contribution in [2.45, 2.75) is 45.7 Å². The molecule has 1 atom stereocenters. The molecule has 3 heteroatoms. The summed E-state index contributed by atoms with van der Waals surface area (Å²) in [5.41, 5.74) is 3.89. The maximum Gasteiger partial charge on any atom is 0.159 e. The molecule has 3 rings (SSSR count). The molecule has 0 aliphatic heterocycles. The highest BCUT2D eigenvalue weighted by Gasteiger charge is 2.25. The number of ether oxygens (including phenoxy) is 2. The van der Waals surface area contributed by atoms with Crippen LogP contribution in [0.4, 0.5) is 0 Å². The van der Waals surface area contributed by atoms with Gasteiger partial charge in [-0.15, -0.1) is 0 Å². The van der Waals surface area contributed by atoms with Crippen LogP contribution in [0.25, 0.3) is 0 Å². The van der Waals surface area contributed by atoms with E-state index in [1.807, 2.05) is 13.8 Å². The van der Waals surface area contributed by atoms with Crippen LogP contribution in [0.5, 0.6) is 0 Å². The highest BCUT2D eigenvalue weighted by atomic mass is 16.7. The van der Waals surface area contributed by atoms with Gasteiger partial charge in [-0.25, -0.2) is 0 Å². The summed E-state index contributed by atoms with van der Waals surface area (Å²) in [4.78, 5) is 2.53. The molecule has 3 aromatic carbocycles. The molecule has 0 saturated heterocycles. The van der Waals surface area contributed by atoms with Crippen molar-refractivity contribution >= 4 is 0 Å². The number of nitrogens with zero attached hydrogens (tertiary/aromatic N) is 1. The number of rotatable bonds is 12. The third-order valence-electron chi connectivity index (χ3n) is 5.20. The van der Waals surface area contributed by atoms with E-state index >= 15 is 0 Å². The van der Waals surface area contributed by atoms with Crippen molar-refractivity contribution in [1.82, 2.24) is 4.90 Å². The van der Waals surface area contributed by atoms with Crippen LogP contribution in [0, 0.1) is 0 Å². The summed E-state index contributed by atoms with van der Waals surface area (Å²) in [5.74, 6) is 0. The largest absolute Gasteiger partial charge is 0.353 e. The smallest absolute Gasteiger partial charge is 0.159 e. The monoisotopic (exact) mass is 403 g/mol. The Bertz CT molecular complexity index is 776. The third kappa shape index (κ3) is 6.81. The van der Waals surface area contributed by atoms with Crippen molar-refractivity contribution < 1.29 is 9.47 Å². The summed E-state index contributed by atoms with van der Waals surface area (Å²) in [6.07, 6.45) is 0.560. The van der Waals surface area contributed by atoms with Crippen LogP contribution in [0.15, 0.2) is 91.0 Å². The van der Waals surface area contributed by atoms with E-state index in [2.05, 4.69) is 95.9 Å². The fourth-order valence-electron chi connectivity index (χ4n) is 3.82. The van der Waals surface area contributed by atoms with Crippen LogP contribution in [0.1, 0.15) is 43.0 Å². The zero-order chi connectivity index (χ0) is 21.0. The first-order valence-electron chi connectivity index (χ1n) is 10.9. The molecule has 0 aliphatic carbocycles. The molecule has 0 aliphatic rings. The molecule has 0 saturated carbocycles. The third-order valence-corrected chi connectivity index (χ3v) is 5.20.